The number of para-hydroxylation sites is 2. The molecule has 1 amide bonds. The van der Waals surface area contributed by atoms with Crippen LogP contribution >= 0.6 is 0 Å². The van der Waals surface area contributed by atoms with E-state index in [2.05, 4.69) is 10.0 Å². The summed E-state index contributed by atoms with van der Waals surface area (Å²) in [5.74, 6) is 0.737. The highest BCUT2D eigenvalue weighted by Crippen LogP contribution is 2.19. The van der Waals surface area contributed by atoms with Crippen LogP contribution in [0, 0.1) is 0 Å². The number of carbonyl (C=O) groups is 1. The van der Waals surface area contributed by atoms with Crippen LogP contribution in [-0.4, -0.2) is 34.6 Å². The van der Waals surface area contributed by atoms with Gasteiger partial charge in [-0.05, 0) is 42.4 Å². The second kappa shape index (κ2) is 11.3. The van der Waals surface area contributed by atoms with E-state index in [4.69, 9.17) is 9.47 Å². The smallest absolute Gasteiger partial charge is 0.255 e. The normalized spacial score (nSPS) is 11.0. The van der Waals surface area contributed by atoms with E-state index in [1.807, 2.05) is 30.3 Å². The summed E-state index contributed by atoms with van der Waals surface area (Å²) in [6.07, 6.45) is 0. The molecule has 0 radical (unpaired) electrons. The van der Waals surface area contributed by atoms with Crippen molar-refractivity contribution in [3.63, 3.8) is 0 Å². The first kappa shape index (κ1) is 23.3. The van der Waals surface area contributed by atoms with E-state index < -0.39 is 10.0 Å². The SMILES string of the molecule is CNS(=O)(=O)Cc1ccccc1CNC(=O)c1ccccc1OCCOc1ccccc1. The Hall–Kier alpha value is -3.36. The molecule has 3 aromatic rings. The van der Waals surface area contributed by atoms with Gasteiger partial charge in [0.1, 0.15) is 24.7 Å². The Morgan fingerprint density at radius 2 is 1.44 bits per heavy atom. The first-order valence-corrected chi connectivity index (χ1v) is 11.8. The Balaban J connectivity index is 1.59. The molecule has 0 aliphatic heterocycles. The van der Waals surface area contributed by atoms with Crippen molar-refractivity contribution in [2.24, 2.45) is 0 Å². The van der Waals surface area contributed by atoms with E-state index in [1.54, 1.807) is 48.5 Å². The van der Waals surface area contributed by atoms with Crippen LogP contribution < -0.4 is 19.5 Å². The number of amides is 1. The van der Waals surface area contributed by atoms with Crippen LogP contribution in [-0.2, 0) is 22.3 Å². The molecule has 7 nitrogen and oxygen atoms in total. The molecule has 0 aromatic heterocycles. The first-order valence-electron chi connectivity index (χ1n) is 10.1. The summed E-state index contributed by atoms with van der Waals surface area (Å²) in [5.41, 5.74) is 1.76. The lowest BCUT2D eigenvalue weighted by atomic mass is 10.1. The second-order valence-electron chi connectivity index (χ2n) is 6.92. The molecule has 0 bridgehead atoms. The summed E-state index contributed by atoms with van der Waals surface area (Å²) in [4.78, 5) is 12.8. The number of rotatable bonds is 11. The van der Waals surface area contributed by atoms with Crippen LogP contribution in [0.25, 0.3) is 0 Å². The minimum absolute atomic E-state index is 0.156. The molecule has 3 rings (SSSR count). The highest BCUT2D eigenvalue weighted by Gasteiger charge is 2.15. The summed E-state index contributed by atoms with van der Waals surface area (Å²) in [5, 5.41) is 2.85. The molecule has 0 heterocycles. The lowest BCUT2D eigenvalue weighted by Gasteiger charge is -2.14. The molecule has 0 unspecified atom stereocenters. The minimum atomic E-state index is -3.42. The standard InChI is InChI=1S/C24H26N2O5S/c1-25-32(28,29)18-20-10-6-5-9-19(20)17-26-24(27)22-13-7-8-14-23(22)31-16-15-30-21-11-3-2-4-12-21/h2-14,25H,15-18H2,1H3,(H,26,27). The molecule has 0 aliphatic carbocycles. The molecule has 0 saturated carbocycles. The fourth-order valence-electron chi connectivity index (χ4n) is 3.03. The third kappa shape index (κ3) is 6.83. The largest absolute Gasteiger partial charge is 0.490 e. The van der Waals surface area contributed by atoms with Crippen molar-refractivity contribution < 1.29 is 22.7 Å². The number of ether oxygens (including phenoxy) is 2. The second-order valence-corrected chi connectivity index (χ2v) is 8.85. The van der Waals surface area contributed by atoms with Crippen molar-refractivity contribution in [1.82, 2.24) is 10.0 Å². The van der Waals surface area contributed by atoms with E-state index in [9.17, 15) is 13.2 Å². The molecule has 0 atom stereocenters. The van der Waals surface area contributed by atoms with Crippen LogP contribution in [0.1, 0.15) is 21.5 Å². The van der Waals surface area contributed by atoms with Crippen molar-refractivity contribution >= 4 is 15.9 Å². The van der Waals surface area contributed by atoms with Crippen LogP contribution in [0.3, 0.4) is 0 Å². The number of nitrogens with one attached hydrogen (secondary N) is 2. The molecule has 168 valence electrons. The number of benzene rings is 3. The fourth-order valence-corrected chi connectivity index (χ4v) is 3.86. The van der Waals surface area contributed by atoms with Crippen LogP contribution in [0.15, 0.2) is 78.9 Å². The first-order chi connectivity index (χ1) is 15.5. The molecule has 8 heteroatoms. The predicted molar refractivity (Wildman–Crippen MR) is 123 cm³/mol. The molecule has 32 heavy (non-hydrogen) atoms. The van der Waals surface area contributed by atoms with Gasteiger partial charge < -0.3 is 14.8 Å². The summed E-state index contributed by atoms with van der Waals surface area (Å²) in [7, 11) is -2.04. The monoisotopic (exact) mass is 454 g/mol. The molecule has 0 saturated heterocycles. The van der Waals surface area contributed by atoms with Gasteiger partial charge in [-0.2, -0.15) is 0 Å². The van der Waals surface area contributed by atoms with E-state index in [-0.39, 0.29) is 24.8 Å². The maximum atomic E-state index is 12.8. The Kier molecular flexibility index (Phi) is 8.24. The van der Waals surface area contributed by atoms with Crippen LogP contribution in [0.5, 0.6) is 11.5 Å². The van der Waals surface area contributed by atoms with Crippen molar-refractivity contribution in [1.29, 1.82) is 0 Å². The maximum absolute atomic E-state index is 12.8. The van der Waals surface area contributed by atoms with Crippen molar-refractivity contribution in [2.75, 3.05) is 20.3 Å². The van der Waals surface area contributed by atoms with E-state index in [0.717, 1.165) is 11.3 Å². The van der Waals surface area contributed by atoms with Crippen molar-refractivity contribution in [3.05, 3.63) is 95.6 Å². The van der Waals surface area contributed by atoms with Gasteiger partial charge >= 0.3 is 0 Å². The molecule has 2 N–H and O–H groups in total. The summed E-state index contributed by atoms with van der Waals surface area (Å²) in [6, 6.07) is 23.5. The Labute approximate surface area is 188 Å². The quantitative estimate of drug-likeness (QED) is 0.434. The Morgan fingerprint density at radius 3 is 2.19 bits per heavy atom. The summed E-state index contributed by atoms with van der Waals surface area (Å²) in [6.45, 7) is 0.816. The topological polar surface area (TPSA) is 93.7 Å². The van der Waals surface area contributed by atoms with Gasteiger partial charge in [-0.3, -0.25) is 4.79 Å². The zero-order valence-electron chi connectivity index (χ0n) is 17.8. The van der Waals surface area contributed by atoms with Gasteiger partial charge in [0.2, 0.25) is 10.0 Å². The van der Waals surface area contributed by atoms with Gasteiger partial charge in [-0.15, -0.1) is 0 Å². The molecule has 0 spiro atoms. The fraction of sp³-hybridized carbons (Fsp3) is 0.208. The molecule has 3 aromatic carbocycles. The minimum Gasteiger partial charge on any atom is -0.490 e. The number of sulfonamides is 1. The van der Waals surface area contributed by atoms with E-state index in [1.165, 1.54) is 7.05 Å². The zero-order valence-corrected chi connectivity index (χ0v) is 18.6. The molecular formula is C24H26N2O5S. The van der Waals surface area contributed by atoms with E-state index >= 15 is 0 Å². The Morgan fingerprint density at radius 1 is 0.812 bits per heavy atom. The molecule has 0 aliphatic rings. The van der Waals surface area contributed by atoms with Crippen molar-refractivity contribution in [2.45, 2.75) is 12.3 Å². The zero-order chi connectivity index (χ0) is 22.8. The molecule has 0 fully saturated rings. The lowest BCUT2D eigenvalue weighted by molar-refractivity contribution is 0.0945. The van der Waals surface area contributed by atoms with Crippen molar-refractivity contribution in [3.8, 4) is 11.5 Å². The molecular weight excluding hydrogens is 428 g/mol. The third-order valence-corrected chi connectivity index (χ3v) is 6.01. The van der Waals surface area contributed by atoms with Gasteiger partial charge in [-0.1, -0.05) is 54.6 Å². The Bertz CT molecular complexity index is 1130. The van der Waals surface area contributed by atoms with E-state index in [0.29, 0.717) is 23.5 Å². The number of carbonyl (C=O) groups excluding carboxylic acids is 1. The van der Waals surface area contributed by atoms with Gasteiger partial charge in [0, 0.05) is 6.54 Å². The maximum Gasteiger partial charge on any atom is 0.255 e. The highest BCUT2D eigenvalue weighted by atomic mass is 32.2. The van der Waals surface area contributed by atoms with Gasteiger partial charge in [0.15, 0.2) is 0 Å². The highest BCUT2D eigenvalue weighted by molar-refractivity contribution is 7.88. The van der Waals surface area contributed by atoms with Gasteiger partial charge in [0.25, 0.3) is 5.91 Å². The van der Waals surface area contributed by atoms with Gasteiger partial charge in [0.05, 0.1) is 11.3 Å². The third-order valence-electron chi connectivity index (χ3n) is 4.70. The average Bonchev–Trinajstić information content (AvgIpc) is 2.82. The van der Waals surface area contributed by atoms with Gasteiger partial charge in [-0.25, -0.2) is 13.1 Å². The summed E-state index contributed by atoms with van der Waals surface area (Å²) >= 11 is 0. The van der Waals surface area contributed by atoms with Crippen LogP contribution in [0.4, 0.5) is 0 Å². The average molecular weight is 455 g/mol. The summed E-state index contributed by atoms with van der Waals surface area (Å²) < 4.78 is 37.5. The predicted octanol–water partition coefficient (Wildman–Crippen LogP) is 3.12. The number of hydrogen-bond acceptors (Lipinski definition) is 5. The number of hydrogen-bond donors (Lipinski definition) is 2. The van der Waals surface area contributed by atoms with Crippen LogP contribution in [0.2, 0.25) is 0 Å². The lowest BCUT2D eigenvalue weighted by Crippen LogP contribution is -2.25.